The quantitative estimate of drug-likeness (QED) is 0.243. The van der Waals surface area contributed by atoms with Crippen molar-refractivity contribution < 1.29 is 4.21 Å². The summed E-state index contributed by atoms with van der Waals surface area (Å²) in [6.45, 7) is 0. The molecule has 0 amide bonds. The molecular formula is C32H26OS. The fraction of sp³-hybridized carbons (Fsp3) is 0. The first-order chi connectivity index (χ1) is 16.8. The lowest BCUT2D eigenvalue weighted by atomic mass is 10.2. The Bertz CT molecular complexity index is 1210. The van der Waals surface area contributed by atoms with Crippen LogP contribution in [0.4, 0.5) is 0 Å². The summed E-state index contributed by atoms with van der Waals surface area (Å²) in [6.07, 6.45) is 16.3. The average molecular weight is 459 g/mol. The van der Waals surface area contributed by atoms with Gasteiger partial charge in [0.25, 0.3) is 0 Å². The standard InChI is InChI=1S/C32H26OS/c33-34(31-23-19-29(20-24-31)17-9-7-15-27-11-3-1-4-12-27)32-25-21-30(22-26-32)18-10-8-16-28-13-5-2-6-14-28/h1-26H. The van der Waals surface area contributed by atoms with Crippen LogP contribution in [0.15, 0.2) is 143 Å². The van der Waals surface area contributed by atoms with Crippen molar-refractivity contribution in [2.75, 3.05) is 0 Å². The maximum atomic E-state index is 13.0. The summed E-state index contributed by atoms with van der Waals surface area (Å²) in [5.41, 5.74) is 4.48. The van der Waals surface area contributed by atoms with Crippen LogP contribution in [-0.2, 0) is 10.8 Å². The Hall–Kier alpha value is -4.01. The highest BCUT2D eigenvalue weighted by Crippen LogP contribution is 2.19. The molecule has 0 heterocycles. The lowest BCUT2D eigenvalue weighted by Crippen LogP contribution is -1.92. The number of rotatable bonds is 8. The van der Waals surface area contributed by atoms with Crippen LogP contribution in [0.2, 0.25) is 0 Å². The summed E-state index contributed by atoms with van der Waals surface area (Å²) < 4.78 is 13.0. The smallest absolute Gasteiger partial charge is 0.0849 e. The molecule has 166 valence electrons. The van der Waals surface area contributed by atoms with Gasteiger partial charge in [0.1, 0.15) is 0 Å². The van der Waals surface area contributed by atoms with Gasteiger partial charge in [-0.15, -0.1) is 0 Å². The topological polar surface area (TPSA) is 17.1 Å². The normalized spacial score (nSPS) is 12.8. The number of hydrogen-bond acceptors (Lipinski definition) is 1. The van der Waals surface area contributed by atoms with Crippen LogP contribution in [0.1, 0.15) is 22.3 Å². The summed E-state index contributed by atoms with van der Waals surface area (Å²) in [7, 11) is -1.20. The molecule has 0 N–H and O–H groups in total. The lowest BCUT2D eigenvalue weighted by molar-refractivity contribution is 0.683. The van der Waals surface area contributed by atoms with Crippen molar-refractivity contribution in [2.24, 2.45) is 0 Å². The molecule has 34 heavy (non-hydrogen) atoms. The second-order valence-electron chi connectivity index (χ2n) is 7.66. The number of hydrogen-bond donors (Lipinski definition) is 0. The van der Waals surface area contributed by atoms with Crippen molar-refractivity contribution in [2.45, 2.75) is 9.79 Å². The molecule has 4 aromatic rings. The van der Waals surface area contributed by atoms with Crippen LogP contribution in [-0.4, -0.2) is 4.21 Å². The Morgan fingerprint density at radius 3 is 1.00 bits per heavy atom. The summed E-state index contributed by atoms with van der Waals surface area (Å²) in [6, 6.07) is 36.1. The molecule has 0 aliphatic rings. The first kappa shape index (κ1) is 23.2. The predicted molar refractivity (Wildman–Crippen MR) is 147 cm³/mol. The Morgan fingerprint density at radius 2 is 0.676 bits per heavy atom. The molecule has 2 heteroatoms. The molecule has 0 aliphatic carbocycles. The second-order valence-corrected chi connectivity index (χ2v) is 9.14. The molecule has 0 unspecified atom stereocenters. The lowest BCUT2D eigenvalue weighted by Gasteiger charge is -2.04. The summed E-state index contributed by atoms with van der Waals surface area (Å²) in [5.74, 6) is 0. The molecule has 0 saturated heterocycles. The minimum atomic E-state index is -1.20. The highest BCUT2D eigenvalue weighted by atomic mass is 32.2. The first-order valence-corrected chi connectivity index (χ1v) is 12.3. The average Bonchev–Trinajstić information content (AvgIpc) is 2.91. The highest BCUT2D eigenvalue weighted by Gasteiger charge is 2.06. The molecule has 0 spiro atoms. The number of benzene rings is 4. The van der Waals surface area contributed by atoms with Crippen molar-refractivity contribution in [3.63, 3.8) is 0 Å². The molecule has 0 aromatic heterocycles. The molecule has 4 aromatic carbocycles. The minimum absolute atomic E-state index is 0.797. The van der Waals surface area contributed by atoms with Gasteiger partial charge in [-0.1, -0.05) is 134 Å². The molecule has 1 nitrogen and oxygen atoms in total. The van der Waals surface area contributed by atoms with Crippen LogP contribution >= 0.6 is 0 Å². The Morgan fingerprint density at radius 1 is 0.382 bits per heavy atom. The molecule has 0 saturated carbocycles. The third kappa shape index (κ3) is 6.99. The second kappa shape index (κ2) is 12.3. The highest BCUT2D eigenvalue weighted by molar-refractivity contribution is 7.85. The fourth-order valence-corrected chi connectivity index (χ4v) is 4.37. The van der Waals surface area contributed by atoms with Crippen molar-refractivity contribution in [1.82, 2.24) is 0 Å². The van der Waals surface area contributed by atoms with Crippen molar-refractivity contribution in [3.8, 4) is 0 Å². The summed E-state index contributed by atoms with van der Waals surface area (Å²) in [5, 5.41) is 0. The maximum Gasteiger partial charge on any atom is 0.0849 e. The van der Waals surface area contributed by atoms with E-state index in [4.69, 9.17) is 0 Å². The zero-order valence-corrected chi connectivity index (χ0v) is 19.6. The minimum Gasteiger partial charge on any atom is -0.249 e. The summed E-state index contributed by atoms with van der Waals surface area (Å²) in [4.78, 5) is 1.59. The van der Waals surface area contributed by atoms with Crippen LogP contribution in [0.25, 0.3) is 24.3 Å². The van der Waals surface area contributed by atoms with Crippen molar-refractivity contribution in [1.29, 1.82) is 0 Å². The maximum absolute atomic E-state index is 13.0. The van der Waals surface area contributed by atoms with Gasteiger partial charge in [-0.25, -0.2) is 4.21 Å². The van der Waals surface area contributed by atoms with E-state index in [0.29, 0.717) is 0 Å². The molecule has 0 bridgehead atoms. The molecule has 0 fully saturated rings. The van der Waals surface area contributed by atoms with Crippen LogP contribution in [0.5, 0.6) is 0 Å². The Kier molecular flexibility index (Phi) is 8.37. The molecule has 0 atom stereocenters. The van der Waals surface area contributed by atoms with Gasteiger partial charge >= 0.3 is 0 Å². The van der Waals surface area contributed by atoms with E-state index < -0.39 is 10.8 Å². The van der Waals surface area contributed by atoms with Crippen molar-refractivity contribution >= 4 is 35.1 Å². The van der Waals surface area contributed by atoms with Gasteiger partial charge in [-0.05, 0) is 46.5 Å². The van der Waals surface area contributed by atoms with E-state index in [1.54, 1.807) is 0 Å². The van der Waals surface area contributed by atoms with Gasteiger partial charge in [-0.3, -0.25) is 0 Å². The first-order valence-electron chi connectivity index (χ1n) is 11.2. The van der Waals surface area contributed by atoms with E-state index in [9.17, 15) is 4.21 Å². The Balaban J connectivity index is 1.33. The van der Waals surface area contributed by atoms with E-state index >= 15 is 0 Å². The van der Waals surface area contributed by atoms with E-state index in [-0.39, 0.29) is 0 Å². The largest absolute Gasteiger partial charge is 0.249 e. The fourth-order valence-electron chi connectivity index (χ4n) is 3.34. The van der Waals surface area contributed by atoms with Gasteiger partial charge in [-0.2, -0.15) is 0 Å². The molecule has 0 aliphatic heterocycles. The zero-order valence-electron chi connectivity index (χ0n) is 18.8. The van der Waals surface area contributed by atoms with Gasteiger partial charge in [0, 0.05) is 9.79 Å². The van der Waals surface area contributed by atoms with E-state index in [1.807, 2.05) is 121 Å². The van der Waals surface area contributed by atoms with Gasteiger partial charge in [0.05, 0.1) is 10.8 Å². The van der Waals surface area contributed by atoms with Crippen LogP contribution in [0.3, 0.4) is 0 Å². The van der Waals surface area contributed by atoms with E-state index in [0.717, 1.165) is 20.9 Å². The summed E-state index contributed by atoms with van der Waals surface area (Å²) >= 11 is 0. The molecule has 0 radical (unpaired) electrons. The number of allylic oxidation sites excluding steroid dienone is 4. The van der Waals surface area contributed by atoms with Crippen LogP contribution < -0.4 is 0 Å². The third-order valence-corrected chi connectivity index (χ3v) is 6.57. The van der Waals surface area contributed by atoms with Gasteiger partial charge < -0.3 is 0 Å². The van der Waals surface area contributed by atoms with Gasteiger partial charge in [0.2, 0.25) is 0 Å². The van der Waals surface area contributed by atoms with Gasteiger partial charge in [0.15, 0.2) is 0 Å². The zero-order chi connectivity index (χ0) is 23.4. The van der Waals surface area contributed by atoms with Crippen LogP contribution in [0, 0.1) is 0 Å². The third-order valence-electron chi connectivity index (χ3n) is 5.16. The SMILES string of the molecule is O=S(c1ccc(C=CC=Cc2ccccc2)cc1)c1ccc(C=CC=Cc2ccccc2)cc1. The monoisotopic (exact) mass is 458 g/mol. The Labute approximate surface area is 204 Å². The predicted octanol–water partition coefficient (Wildman–Crippen LogP) is 8.31. The molecular weight excluding hydrogens is 432 g/mol. The van der Waals surface area contributed by atoms with E-state index in [2.05, 4.69) is 36.4 Å². The van der Waals surface area contributed by atoms with Crippen molar-refractivity contribution in [3.05, 3.63) is 156 Å². The van der Waals surface area contributed by atoms with E-state index in [1.165, 1.54) is 11.1 Å². The molecule has 4 rings (SSSR count).